The fraction of sp³-hybridized carbons (Fsp3) is 0.148. The number of halogens is 2. The zero-order valence-corrected chi connectivity index (χ0v) is 19.5. The Hall–Kier alpha value is -3.15. The van der Waals surface area contributed by atoms with E-state index in [9.17, 15) is 9.18 Å². The van der Waals surface area contributed by atoms with Crippen LogP contribution in [0.5, 0.6) is 0 Å². The van der Waals surface area contributed by atoms with Gasteiger partial charge in [0.25, 0.3) is 0 Å². The second-order valence-corrected chi connectivity index (χ2v) is 9.36. The maximum Gasteiger partial charge on any atom is 0.302 e. The Balaban J connectivity index is 1.58. The van der Waals surface area contributed by atoms with Gasteiger partial charge in [0.15, 0.2) is 0 Å². The number of hydrogen-bond donors (Lipinski definition) is 0. The maximum atomic E-state index is 13.4. The molecule has 6 heteroatoms. The topological polar surface area (TPSA) is 31.2 Å². The lowest BCUT2D eigenvalue weighted by Gasteiger charge is -2.08. The lowest BCUT2D eigenvalue weighted by Crippen LogP contribution is -2.03. The first-order valence-electron chi connectivity index (χ1n) is 10.6. The van der Waals surface area contributed by atoms with Gasteiger partial charge in [0.2, 0.25) is 0 Å². The smallest absolute Gasteiger partial charge is 0.302 e. The third kappa shape index (κ3) is 4.52. The molecule has 0 aliphatic heterocycles. The van der Waals surface area contributed by atoms with E-state index in [1.165, 1.54) is 29.3 Å². The van der Waals surface area contributed by atoms with Crippen molar-refractivity contribution in [3.63, 3.8) is 0 Å². The van der Waals surface area contributed by atoms with E-state index in [0.29, 0.717) is 19.6 Å². The molecular formula is C27H21ClFNO2S. The quantitative estimate of drug-likeness (QED) is 0.237. The Labute approximate surface area is 200 Å². The molecule has 0 amide bonds. The van der Waals surface area contributed by atoms with Crippen LogP contribution in [0.2, 0.25) is 5.02 Å². The molecule has 2 aromatic heterocycles. The molecule has 0 saturated heterocycles. The van der Waals surface area contributed by atoms with Crippen LogP contribution in [0.1, 0.15) is 18.1 Å². The number of thiophene rings is 1. The summed E-state index contributed by atoms with van der Waals surface area (Å²) in [5.41, 5.74) is 5.38. The van der Waals surface area contributed by atoms with Crippen molar-refractivity contribution in [2.75, 3.05) is 6.61 Å². The van der Waals surface area contributed by atoms with Crippen LogP contribution in [0.3, 0.4) is 0 Å². The van der Waals surface area contributed by atoms with Crippen molar-refractivity contribution in [3.8, 4) is 11.1 Å². The Bertz CT molecular complexity index is 1470. The van der Waals surface area contributed by atoms with Crippen LogP contribution in [-0.2, 0) is 22.5 Å². The molecule has 0 spiro atoms. The first-order valence-corrected chi connectivity index (χ1v) is 11.9. The van der Waals surface area contributed by atoms with Gasteiger partial charge < -0.3 is 9.30 Å². The van der Waals surface area contributed by atoms with Crippen molar-refractivity contribution < 1.29 is 13.9 Å². The minimum atomic E-state index is -0.279. The Morgan fingerprint density at radius 1 is 1.00 bits per heavy atom. The molecule has 166 valence electrons. The van der Waals surface area contributed by atoms with Crippen molar-refractivity contribution in [2.45, 2.75) is 19.9 Å². The van der Waals surface area contributed by atoms with E-state index in [1.54, 1.807) is 23.5 Å². The highest BCUT2D eigenvalue weighted by Gasteiger charge is 2.13. The zero-order chi connectivity index (χ0) is 22.9. The molecule has 0 atom stereocenters. The van der Waals surface area contributed by atoms with Crippen LogP contribution in [0.25, 0.3) is 32.1 Å². The molecule has 0 unspecified atom stereocenters. The van der Waals surface area contributed by atoms with Crippen LogP contribution < -0.4 is 0 Å². The number of ether oxygens (including phenoxy) is 1. The Morgan fingerprint density at radius 2 is 1.79 bits per heavy atom. The predicted molar refractivity (Wildman–Crippen MR) is 134 cm³/mol. The number of fused-ring (bicyclic) bond motifs is 2. The fourth-order valence-corrected chi connectivity index (χ4v) is 5.29. The average Bonchev–Trinajstić information content (AvgIpc) is 3.35. The van der Waals surface area contributed by atoms with E-state index >= 15 is 0 Å². The summed E-state index contributed by atoms with van der Waals surface area (Å²) < 4.78 is 22.0. The van der Waals surface area contributed by atoms with Crippen molar-refractivity contribution >= 4 is 49.9 Å². The van der Waals surface area contributed by atoms with E-state index in [0.717, 1.165) is 38.0 Å². The normalized spacial score (nSPS) is 11.4. The van der Waals surface area contributed by atoms with Crippen LogP contribution in [-0.4, -0.2) is 17.1 Å². The molecular weight excluding hydrogens is 457 g/mol. The maximum absolute atomic E-state index is 13.4. The molecule has 2 heterocycles. The summed E-state index contributed by atoms with van der Waals surface area (Å²) >= 11 is 7.97. The van der Waals surface area contributed by atoms with Gasteiger partial charge in [0.1, 0.15) is 5.82 Å². The standard InChI is InChI=1S/C27H21ClFNO2S/c1-17(31)32-11-10-20-14-30(15-21-16-33-27-9-5-22(28)13-25(21)27)26-12-19(4-8-24(20)26)18-2-6-23(29)7-3-18/h2-9,12-14,16H,10-11,15H2,1H3. The van der Waals surface area contributed by atoms with Crippen molar-refractivity contribution in [2.24, 2.45) is 0 Å². The van der Waals surface area contributed by atoms with Gasteiger partial charge in [0, 0.05) is 46.7 Å². The predicted octanol–water partition coefficient (Wildman–Crippen LogP) is 7.47. The molecule has 3 aromatic carbocycles. The van der Waals surface area contributed by atoms with Crippen molar-refractivity contribution in [1.82, 2.24) is 4.57 Å². The summed E-state index contributed by atoms with van der Waals surface area (Å²) in [6.07, 6.45) is 2.77. The van der Waals surface area contributed by atoms with Crippen LogP contribution in [0.15, 0.2) is 72.2 Å². The number of aromatic nitrogens is 1. The van der Waals surface area contributed by atoms with Gasteiger partial charge in [-0.2, -0.15) is 0 Å². The molecule has 0 saturated carbocycles. The fourth-order valence-electron chi connectivity index (χ4n) is 4.18. The minimum absolute atomic E-state index is 0.251. The second-order valence-electron chi connectivity index (χ2n) is 8.01. The third-order valence-corrected chi connectivity index (χ3v) is 7.02. The van der Waals surface area contributed by atoms with Gasteiger partial charge in [0.05, 0.1) is 6.61 Å². The molecule has 0 radical (unpaired) electrons. The van der Waals surface area contributed by atoms with Gasteiger partial charge in [-0.25, -0.2) is 4.39 Å². The average molecular weight is 478 g/mol. The molecule has 5 rings (SSSR count). The van der Waals surface area contributed by atoms with Crippen molar-refractivity contribution in [3.05, 3.63) is 94.2 Å². The third-order valence-electron chi connectivity index (χ3n) is 5.78. The largest absolute Gasteiger partial charge is 0.466 e. The Morgan fingerprint density at radius 3 is 2.58 bits per heavy atom. The van der Waals surface area contributed by atoms with Crippen LogP contribution in [0, 0.1) is 5.82 Å². The number of nitrogens with zero attached hydrogens (tertiary/aromatic N) is 1. The van der Waals surface area contributed by atoms with E-state index in [1.807, 2.05) is 12.1 Å². The lowest BCUT2D eigenvalue weighted by atomic mass is 10.0. The monoisotopic (exact) mass is 477 g/mol. The van der Waals surface area contributed by atoms with Gasteiger partial charge in [-0.05, 0) is 69.4 Å². The number of carbonyl (C=O) groups excluding carboxylic acids is 1. The van der Waals surface area contributed by atoms with Crippen molar-refractivity contribution in [1.29, 1.82) is 0 Å². The minimum Gasteiger partial charge on any atom is -0.466 e. The number of esters is 1. The zero-order valence-electron chi connectivity index (χ0n) is 18.0. The number of hydrogen-bond acceptors (Lipinski definition) is 3. The summed E-state index contributed by atoms with van der Waals surface area (Å²) in [6, 6.07) is 18.8. The molecule has 0 bridgehead atoms. The summed E-state index contributed by atoms with van der Waals surface area (Å²) in [4.78, 5) is 11.2. The lowest BCUT2D eigenvalue weighted by molar-refractivity contribution is -0.140. The summed E-state index contributed by atoms with van der Waals surface area (Å²) in [5.74, 6) is -0.530. The van der Waals surface area contributed by atoms with Gasteiger partial charge in [-0.3, -0.25) is 4.79 Å². The van der Waals surface area contributed by atoms with E-state index in [4.69, 9.17) is 16.3 Å². The van der Waals surface area contributed by atoms with Crippen LogP contribution >= 0.6 is 22.9 Å². The number of rotatable bonds is 6. The summed E-state index contributed by atoms with van der Waals surface area (Å²) in [6.45, 7) is 2.45. The van der Waals surface area contributed by atoms with Gasteiger partial charge in [-0.15, -0.1) is 11.3 Å². The summed E-state index contributed by atoms with van der Waals surface area (Å²) in [5, 5.41) is 5.17. The number of benzene rings is 3. The van der Waals surface area contributed by atoms with E-state index in [-0.39, 0.29) is 11.8 Å². The second kappa shape index (κ2) is 9.00. The molecule has 0 aliphatic rings. The van der Waals surface area contributed by atoms with Crippen LogP contribution in [0.4, 0.5) is 4.39 Å². The Kier molecular flexibility index (Phi) is 5.92. The first kappa shape index (κ1) is 21.7. The van der Waals surface area contributed by atoms with E-state index in [2.05, 4.69) is 40.4 Å². The van der Waals surface area contributed by atoms with E-state index < -0.39 is 0 Å². The van der Waals surface area contributed by atoms with Gasteiger partial charge in [-0.1, -0.05) is 35.9 Å². The highest BCUT2D eigenvalue weighted by molar-refractivity contribution is 7.17. The summed E-state index contributed by atoms with van der Waals surface area (Å²) in [7, 11) is 0. The first-order chi connectivity index (χ1) is 16.0. The molecule has 0 N–H and O–H groups in total. The highest BCUT2D eigenvalue weighted by Crippen LogP contribution is 2.32. The number of carbonyl (C=O) groups is 1. The highest BCUT2D eigenvalue weighted by atomic mass is 35.5. The van der Waals surface area contributed by atoms with Gasteiger partial charge >= 0.3 is 5.97 Å². The molecule has 0 fully saturated rings. The molecule has 0 aliphatic carbocycles. The molecule has 33 heavy (non-hydrogen) atoms. The SMILES string of the molecule is CC(=O)OCCc1cn(Cc2csc3ccc(Cl)cc23)c2cc(-c3ccc(F)cc3)ccc12. The molecule has 5 aromatic rings. The molecule has 3 nitrogen and oxygen atoms in total.